The molecule has 0 radical (unpaired) electrons. The summed E-state index contributed by atoms with van der Waals surface area (Å²) in [6.07, 6.45) is -0.665. The first-order valence-corrected chi connectivity index (χ1v) is 7.70. The quantitative estimate of drug-likeness (QED) is 0.682. The van der Waals surface area contributed by atoms with Gasteiger partial charge in [-0.25, -0.2) is 0 Å². The van der Waals surface area contributed by atoms with Crippen LogP contribution >= 0.6 is 11.3 Å². The molecule has 0 aliphatic carbocycles. The van der Waals surface area contributed by atoms with E-state index in [0.29, 0.717) is 15.9 Å². The number of aliphatic hydroxyl groups is 1. The fraction of sp³-hybridized carbons (Fsp3) is 0.692. The highest BCUT2D eigenvalue weighted by atomic mass is 32.1. The Balaban J connectivity index is 2.26. The van der Waals surface area contributed by atoms with Crippen LogP contribution < -0.4 is 4.90 Å². The van der Waals surface area contributed by atoms with Gasteiger partial charge in [-0.2, -0.15) is 0 Å². The topological polar surface area (TPSA) is 69.8 Å². The lowest BCUT2D eigenvalue weighted by atomic mass is 10.2. The van der Waals surface area contributed by atoms with Gasteiger partial charge in [0.2, 0.25) is 0 Å². The number of hydrogen-bond acceptors (Lipinski definition) is 6. The van der Waals surface area contributed by atoms with E-state index in [-0.39, 0.29) is 10.6 Å². The van der Waals surface area contributed by atoms with Crippen molar-refractivity contribution in [3.8, 4) is 0 Å². The van der Waals surface area contributed by atoms with Gasteiger partial charge in [0, 0.05) is 36.6 Å². The van der Waals surface area contributed by atoms with E-state index >= 15 is 0 Å². The molecular formula is C13H21N3O3S. The molecule has 2 unspecified atom stereocenters. The number of anilines is 1. The molecule has 0 bridgehead atoms. The summed E-state index contributed by atoms with van der Waals surface area (Å²) in [5.41, 5.74) is 0.114. The van der Waals surface area contributed by atoms with E-state index < -0.39 is 6.10 Å². The van der Waals surface area contributed by atoms with Gasteiger partial charge in [0.05, 0.1) is 11.0 Å². The van der Waals surface area contributed by atoms with Gasteiger partial charge in [0.25, 0.3) is 0 Å². The molecule has 20 heavy (non-hydrogen) atoms. The Hall–Kier alpha value is -1.18. The van der Waals surface area contributed by atoms with E-state index in [1.165, 1.54) is 17.4 Å². The molecule has 2 rings (SSSR count). The number of thiophene rings is 1. The number of likely N-dealkylation sites (N-methyl/N-ethyl adjacent to an activating group) is 1. The molecule has 1 aromatic rings. The van der Waals surface area contributed by atoms with Gasteiger partial charge in [0.15, 0.2) is 5.00 Å². The Labute approximate surface area is 122 Å². The first-order valence-electron chi connectivity index (χ1n) is 6.89. The van der Waals surface area contributed by atoms with Crippen LogP contribution in [-0.2, 0) is 0 Å². The van der Waals surface area contributed by atoms with E-state index in [1.807, 2.05) is 0 Å². The molecule has 2 atom stereocenters. The normalized spacial score (nSPS) is 22.0. The lowest BCUT2D eigenvalue weighted by molar-refractivity contribution is -0.383. The maximum absolute atomic E-state index is 11.2. The summed E-state index contributed by atoms with van der Waals surface area (Å²) in [5, 5.41) is 21.5. The maximum Gasteiger partial charge on any atom is 0.304 e. The molecule has 0 spiro atoms. The molecule has 1 aliphatic heterocycles. The largest absolute Gasteiger partial charge is 0.388 e. The molecule has 1 fully saturated rings. The van der Waals surface area contributed by atoms with E-state index in [9.17, 15) is 15.2 Å². The molecule has 1 saturated heterocycles. The number of piperazine rings is 1. The Morgan fingerprint density at radius 3 is 2.80 bits per heavy atom. The summed E-state index contributed by atoms with van der Waals surface area (Å²) in [7, 11) is 0. The van der Waals surface area contributed by atoms with E-state index in [0.717, 1.165) is 26.2 Å². The van der Waals surface area contributed by atoms with E-state index in [1.54, 1.807) is 6.92 Å². The first-order chi connectivity index (χ1) is 9.43. The zero-order valence-corrected chi connectivity index (χ0v) is 12.9. The second kappa shape index (κ2) is 6.07. The number of nitrogens with zero attached hydrogens (tertiary/aromatic N) is 3. The van der Waals surface area contributed by atoms with Crippen LogP contribution in [0.1, 0.15) is 31.8 Å². The molecule has 6 nitrogen and oxygen atoms in total. The maximum atomic E-state index is 11.2. The lowest BCUT2D eigenvalue weighted by Gasteiger charge is -2.39. The van der Waals surface area contributed by atoms with Gasteiger partial charge in [-0.3, -0.25) is 15.0 Å². The standard InChI is InChI=1S/C13H21N3O3S/c1-4-14-5-6-15(8-9(14)2)13-11(16(18)19)7-12(20-13)10(3)17/h7,9-10,17H,4-6,8H2,1-3H3. The molecule has 0 saturated carbocycles. The summed E-state index contributed by atoms with van der Waals surface area (Å²) < 4.78 is 0. The SMILES string of the molecule is CCN1CCN(c2sc(C(C)O)cc2[N+](=O)[O-])CC1C. The van der Waals surface area contributed by atoms with Crippen molar-refractivity contribution in [2.24, 2.45) is 0 Å². The van der Waals surface area contributed by atoms with Crippen LogP contribution in [0.5, 0.6) is 0 Å². The van der Waals surface area contributed by atoms with Gasteiger partial charge in [-0.05, 0) is 20.4 Å². The fourth-order valence-electron chi connectivity index (χ4n) is 2.60. The summed E-state index contributed by atoms with van der Waals surface area (Å²) in [6.45, 7) is 9.40. The van der Waals surface area contributed by atoms with Crippen LogP contribution in [0.4, 0.5) is 10.7 Å². The predicted octanol–water partition coefficient (Wildman–Crippen LogP) is 2.24. The van der Waals surface area contributed by atoms with Crippen LogP contribution in [-0.4, -0.2) is 47.2 Å². The Bertz CT molecular complexity index is 489. The Kier molecular flexibility index (Phi) is 4.62. The average Bonchev–Trinajstić information content (AvgIpc) is 2.84. The minimum Gasteiger partial charge on any atom is -0.388 e. The highest BCUT2D eigenvalue weighted by Gasteiger charge is 2.30. The highest BCUT2D eigenvalue weighted by molar-refractivity contribution is 7.16. The van der Waals surface area contributed by atoms with Crippen LogP contribution in [0.25, 0.3) is 0 Å². The molecule has 7 heteroatoms. The summed E-state index contributed by atoms with van der Waals surface area (Å²) in [5.74, 6) is 0. The summed E-state index contributed by atoms with van der Waals surface area (Å²) in [6, 6.07) is 1.88. The fourth-order valence-corrected chi connectivity index (χ4v) is 3.70. The van der Waals surface area contributed by atoms with Crippen molar-refractivity contribution in [2.45, 2.75) is 32.9 Å². The number of hydrogen-bond donors (Lipinski definition) is 1. The molecular weight excluding hydrogens is 278 g/mol. The number of nitro groups is 1. The molecule has 1 aromatic heterocycles. The molecule has 0 amide bonds. The third-order valence-electron chi connectivity index (χ3n) is 3.78. The van der Waals surface area contributed by atoms with Crippen molar-refractivity contribution < 1.29 is 10.0 Å². The van der Waals surface area contributed by atoms with Crippen LogP contribution in [0.15, 0.2) is 6.07 Å². The summed E-state index contributed by atoms with van der Waals surface area (Å²) in [4.78, 5) is 15.9. The van der Waals surface area contributed by atoms with Crippen molar-refractivity contribution in [2.75, 3.05) is 31.1 Å². The number of aliphatic hydroxyl groups excluding tert-OH is 1. The third kappa shape index (κ3) is 2.94. The second-order valence-corrected chi connectivity index (χ2v) is 6.26. The van der Waals surface area contributed by atoms with Crippen molar-refractivity contribution in [1.29, 1.82) is 0 Å². The number of rotatable bonds is 4. The minimum absolute atomic E-state index is 0.114. The third-order valence-corrected chi connectivity index (χ3v) is 5.13. The summed E-state index contributed by atoms with van der Waals surface area (Å²) >= 11 is 1.33. The first kappa shape index (κ1) is 15.2. The van der Waals surface area contributed by atoms with E-state index in [4.69, 9.17) is 0 Å². The molecule has 2 heterocycles. The van der Waals surface area contributed by atoms with Crippen molar-refractivity contribution in [1.82, 2.24) is 4.90 Å². The zero-order chi connectivity index (χ0) is 14.9. The molecule has 0 aromatic carbocycles. The van der Waals surface area contributed by atoms with Gasteiger partial charge >= 0.3 is 5.69 Å². The van der Waals surface area contributed by atoms with Crippen LogP contribution in [0.2, 0.25) is 0 Å². The smallest absolute Gasteiger partial charge is 0.304 e. The van der Waals surface area contributed by atoms with Gasteiger partial charge in [0.1, 0.15) is 0 Å². The van der Waals surface area contributed by atoms with Gasteiger partial charge in [-0.15, -0.1) is 11.3 Å². The Morgan fingerprint density at radius 1 is 1.60 bits per heavy atom. The average molecular weight is 299 g/mol. The molecule has 112 valence electrons. The molecule has 1 N–H and O–H groups in total. The monoisotopic (exact) mass is 299 g/mol. The predicted molar refractivity (Wildman–Crippen MR) is 80.5 cm³/mol. The van der Waals surface area contributed by atoms with E-state index in [2.05, 4.69) is 23.6 Å². The van der Waals surface area contributed by atoms with Crippen LogP contribution in [0, 0.1) is 10.1 Å². The molecule has 1 aliphatic rings. The van der Waals surface area contributed by atoms with Crippen LogP contribution in [0.3, 0.4) is 0 Å². The van der Waals surface area contributed by atoms with Crippen molar-refractivity contribution in [3.63, 3.8) is 0 Å². The Morgan fingerprint density at radius 2 is 2.30 bits per heavy atom. The second-order valence-electron chi connectivity index (χ2n) is 5.20. The van der Waals surface area contributed by atoms with Crippen molar-refractivity contribution >= 4 is 22.0 Å². The minimum atomic E-state index is -0.665. The lowest BCUT2D eigenvalue weighted by Crippen LogP contribution is -2.51. The van der Waals surface area contributed by atoms with Gasteiger partial charge < -0.3 is 10.0 Å². The zero-order valence-electron chi connectivity index (χ0n) is 12.1. The van der Waals surface area contributed by atoms with Crippen molar-refractivity contribution in [3.05, 3.63) is 21.1 Å². The van der Waals surface area contributed by atoms with Gasteiger partial charge in [-0.1, -0.05) is 6.92 Å². The highest BCUT2D eigenvalue weighted by Crippen LogP contribution is 2.40.